The van der Waals surface area contributed by atoms with Gasteiger partial charge in [-0.25, -0.2) is 9.37 Å². The van der Waals surface area contributed by atoms with Crippen molar-refractivity contribution >= 4 is 11.0 Å². The first-order valence-corrected chi connectivity index (χ1v) is 6.56. The minimum atomic E-state index is -0.225. The van der Waals surface area contributed by atoms with E-state index in [0.29, 0.717) is 5.52 Å². The van der Waals surface area contributed by atoms with Gasteiger partial charge in [-0.15, -0.1) is 0 Å². The van der Waals surface area contributed by atoms with Crippen molar-refractivity contribution in [2.75, 3.05) is 13.1 Å². The number of aryl methyl sites for hydroxylation is 2. The molecule has 1 atom stereocenters. The van der Waals surface area contributed by atoms with Crippen molar-refractivity contribution in [3.05, 3.63) is 29.8 Å². The van der Waals surface area contributed by atoms with E-state index in [1.165, 1.54) is 12.5 Å². The normalized spacial score (nSPS) is 19.8. The van der Waals surface area contributed by atoms with E-state index in [1.54, 1.807) is 6.07 Å². The number of aromatic nitrogens is 2. The maximum Gasteiger partial charge on any atom is 0.151 e. The van der Waals surface area contributed by atoms with Crippen LogP contribution in [0.3, 0.4) is 0 Å². The zero-order valence-electron chi connectivity index (χ0n) is 10.6. The lowest BCUT2D eigenvalue weighted by atomic mass is 10.0. The van der Waals surface area contributed by atoms with Crippen molar-refractivity contribution < 1.29 is 4.39 Å². The highest BCUT2D eigenvalue weighted by atomic mass is 19.1. The van der Waals surface area contributed by atoms with Gasteiger partial charge in [0.2, 0.25) is 0 Å². The van der Waals surface area contributed by atoms with Crippen LogP contribution in [0.15, 0.2) is 18.2 Å². The van der Waals surface area contributed by atoms with Gasteiger partial charge in [-0.3, -0.25) is 0 Å². The van der Waals surface area contributed by atoms with Crippen LogP contribution >= 0.6 is 0 Å². The van der Waals surface area contributed by atoms with Gasteiger partial charge in [0.05, 0.1) is 5.52 Å². The number of nitrogens with zero attached hydrogens (tertiary/aromatic N) is 2. The first-order chi connectivity index (χ1) is 8.75. The van der Waals surface area contributed by atoms with Crippen molar-refractivity contribution in [2.45, 2.75) is 19.3 Å². The van der Waals surface area contributed by atoms with Gasteiger partial charge in [-0.05, 0) is 44.0 Å². The Morgan fingerprint density at radius 3 is 3.11 bits per heavy atom. The number of imidazole rings is 1. The topological polar surface area (TPSA) is 29.9 Å². The Morgan fingerprint density at radius 2 is 2.39 bits per heavy atom. The fourth-order valence-electron chi connectivity index (χ4n) is 2.75. The highest BCUT2D eigenvalue weighted by molar-refractivity contribution is 5.76. The van der Waals surface area contributed by atoms with Crippen LogP contribution in [0.2, 0.25) is 0 Å². The summed E-state index contributed by atoms with van der Waals surface area (Å²) in [5.74, 6) is 1.51. The molecule has 3 rings (SSSR count). The molecule has 18 heavy (non-hydrogen) atoms. The first kappa shape index (κ1) is 11.7. The van der Waals surface area contributed by atoms with E-state index in [2.05, 4.69) is 10.3 Å². The summed E-state index contributed by atoms with van der Waals surface area (Å²) in [6.07, 6.45) is 3.31. The van der Waals surface area contributed by atoms with E-state index >= 15 is 0 Å². The standard InChI is InChI=1S/C14H18FN3/c1-18-12-4-2-3-11(15)14(12)17-13(18)6-5-10-7-8-16-9-10/h2-4,10,16H,5-9H2,1H3. The molecule has 1 aliphatic heterocycles. The summed E-state index contributed by atoms with van der Waals surface area (Å²) in [5, 5.41) is 3.37. The molecule has 2 heterocycles. The number of fused-ring (bicyclic) bond motifs is 1. The van der Waals surface area contributed by atoms with Gasteiger partial charge in [-0.2, -0.15) is 0 Å². The summed E-state index contributed by atoms with van der Waals surface area (Å²) < 4.78 is 15.6. The predicted octanol–water partition coefficient (Wildman–Crippen LogP) is 2.25. The molecule has 96 valence electrons. The zero-order valence-corrected chi connectivity index (χ0v) is 10.6. The van der Waals surface area contributed by atoms with Gasteiger partial charge in [0.1, 0.15) is 11.3 Å². The van der Waals surface area contributed by atoms with E-state index in [1.807, 2.05) is 17.7 Å². The highest BCUT2D eigenvalue weighted by Gasteiger charge is 2.16. The van der Waals surface area contributed by atoms with Crippen LogP contribution < -0.4 is 5.32 Å². The van der Waals surface area contributed by atoms with E-state index in [9.17, 15) is 4.39 Å². The van der Waals surface area contributed by atoms with Crippen LogP contribution in [0, 0.1) is 11.7 Å². The molecule has 0 spiro atoms. The fourth-order valence-corrected chi connectivity index (χ4v) is 2.75. The Kier molecular flexibility index (Phi) is 3.04. The van der Waals surface area contributed by atoms with Crippen molar-refractivity contribution in [3.63, 3.8) is 0 Å². The molecule has 1 aromatic carbocycles. The number of halogens is 1. The third kappa shape index (κ3) is 2.01. The number of benzene rings is 1. The molecule has 1 aliphatic rings. The molecule has 0 bridgehead atoms. The minimum absolute atomic E-state index is 0.225. The maximum atomic E-state index is 13.6. The molecule has 1 unspecified atom stereocenters. The fraction of sp³-hybridized carbons (Fsp3) is 0.500. The molecule has 1 fully saturated rings. The van der Waals surface area contributed by atoms with Crippen LogP contribution in [0.1, 0.15) is 18.7 Å². The van der Waals surface area contributed by atoms with Crippen molar-refractivity contribution in [1.82, 2.24) is 14.9 Å². The Labute approximate surface area is 106 Å². The molecule has 0 amide bonds. The minimum Gasteiger partial charge on any atom is -0.331 e. The van der Waals surface area contributed by atoms with Gasteiger partial charge in [-0.1, -0.05) is 6.07 Å². The summed E-state index contributed by atoms with van der Waals surface area (Å²) >= 11 is 0. The molecular weight excluding hydrogens is 229 g/mol. The van der Waals surface area contributed by atoms with Crippen LogP contribution in [-0.4, -0.2) is 22.6 Å². The number of hydrogen-bond donors (Lipinski definition) is 1. The summed E-state index contributed by atoms with van der Waals surface area (Å²) in [4.78, 5) is 4.44. The van der Waals surface area contributed by atoms with Gasteiger partial charge in [0.15, 0.2) is 5.82 Å². The van der Waals surface area contributed by atoms with Crippen molar-refractivity contribution in [1.29, 1.82) is 0 Å². The second kappa shape index (κ2) is 4.69. The summed E-state index contributed by atoms with van der Waals surface area (Å²) in [6.45, 7) is 2.24. The second-order valence-electron chi connectivity index (χ2n) is 5.09. The van der Waals surface area contributed by atoms with Gasteiger partial charge < -0.3 is 9.88 Å². The van der Waals surface area contributed by atoms with Crippen molar-refractivity contribution in [3.8, 4) is 0 Å². The molecule has 0 radical (unpaired) electrons. The smallest absolute Gasteiger partial charge is 0.151 e. The van der Waals surface area contributed by atoms with E-state index in [4.69, 9.17) is 0 Å². The number of nitrogens with one attached hydrogen (secondary N) is 1. The molecule has 1 N–H and O–H groups in total. The molecule has 2 aromatic rings. The lowest BCUT2D eigenvalue weighted by Crippen LogP contribution is -2.10. The van der Waals surface area contributed by atoms with E-state index in [-0.39, 0.29) is 5.82 Å². The summed E-state index contributed by atoms with van der Waals surface area (Å²) in [5.41, 5.74) is 1.38. The number of rotatable bonds is 3. The Morgan fingerprint density at radius 1 is 1.50 bits per heavy atom. The quantitative estimate of drug-likeness (QED) is 0.901. The van der Waals surface area contributed by atoms with Gasteiger partial charge in [0.25, 0.3) is 0 Å². The van der Waals surface area contributed by atoms with E-state index < -0.39 is 0 Å². The lowest BCUT2D eigenvalue weighted by Gasteiger charge is -2.07. The second-order valence-corrected chi connectivity index (χ2v) is 5.09. The SMILES string of the molecule is Cn1c(CCC2CCNC2)nc2c(F)cccc21. The van der Waals surface area contributed by atoms with Crippen LogP contribution in [-0.2, 0) is 13.5 Å². The Balaban J connectivity index is 1.83. The maximum absolute atomic E-state index is 13.6. The molecule has 1 aromatic heterocycles. The average Bonchev–Trinajstić information content (AvgIpc) is 2.97. The van der Waals surface area contributed by atoms with Crippen LogP contribution in [0.25, 0.3) is 11.0 Å². The van der Waals surface area contributed by atoms with Gasteiger partial charge >= 0.3 is 0 Å². The molecule has 1 saturated heterocycles. The summed E-state index contributed by atoms with van der Waals surface area (Å²) in [6, 6.07) is 5.13. The number of para-hydroxylation sites is 1. The third-order valence-electron chi connectivity index (χ3n) is 3.89. The Bertz CT molecular complexity index is 555. The molecule has 4 heteroatoms. The molecule has 0 aliphatic carbocycles. The largest absolute Gasteiger partial charge is 0.331 e. The Hall–Kier alpha value is -1.42. The van der Waals surface area contributed by atoms with E-state index in [0.717, 1.165) is 43.2 Å². The number of hydrogen-bond acceptors (Lipinski definition) is 2. The average molecular weight is 247 g/mol. The van der Waals surface area contributed by atoms with Crippen LogP contribution in [0.5, 0.6) is 0 Å². The third-order valence-corrected chi connectivity index (χ3v) is 3.89. The first-order valence-electron chi connectivity index (χ1n) is 6.56. The lowest BCUT2D eigenvalue weighted by molar-refractivity contribution is 0.520. The molecule has 0 saturated carbocycles. The van der Waals surface area contributed by atoms with Gasteiger partial charge in [0, 0.05) is 13.5 Å². The molecular formula is C14H18FN3. The summed E-state index contributed by atoms with van der Waals surface area (Å²) in [7, 11) is 1.97. The monoisotopic (exact) mass is 247 g/mol. The molecule has 3 nitrogen and oxygen atoms in total. The van der Waals surface area contributed by atoms with Crippen molar-refractivity contribution in [2.24, 2.45) is 13.0 Å². The highest BCUT2D eigenvalue weighted by Crippen LogP contribution is 2.21. The predicted molar refractivity (Wildman–Crippen MR) is 70.0 cm³/mol. The zero-order chi connectivity index (χ0) is 12.5. The van der Waals surface area contributed by atoms with Crippen LogP contribution in [0.4, 0.5) is 4.39 Å².